The predicted octanol–water partition coefficient (Wildman–Crippen LogP) is 10.8. The molecule has 0 spiro atoms. The first-order chi connectivity index (χ1) is 19.1. The maximum Gasteiger partial charge on any atom is 0.0159 e. The highest BCUT2D eigenvalue weighted by atomic mass is 14.4. The van der Waals surface area contributed by atoms with Gasteiger partial charge in [-0.15, -0.1) is 0 Å². The second-order valence-electron chi connectivity index (χ2n) is 11.4. The summed E-state index contributed by atoms with van der Waals surface area (Å²) in [6.45, 7) is 4.69. The Kier molecular flexibility index (Phi) is 4.67. The van der Waals surface area contributed by atoms with Crippen molar-refractivity contribution >= 4 is 32.3 Å². The SMILES string of the molecule is CC1(C)c2ccccc2-c2ccc(-c3ccc(-c4ccc5c(ccc6ccc7ccccc7c65)c4)cc3)cc21. The number of rotatable bonds is 2. The summed E-state index contributed by atoms with van der Waals surface area (Å²) in [6.07, 6.45) is 0. The lowest BCUT2D eigenvalue weighted by Crippen LogP contribution is -2.14. The Hall–Kier alpha value is -4.68. The van der Waals surface area contributed by atoms with Crippen LogP contribution in [-0.2, 0) is 5.41 Å². The second-order valence-corrected chi connectivity index (χ2v) is 11.4. The Balaban J connectivity index is 1.17. The normalized spacial score (nSPS) is 13.6. The Morgan fingerprint density at radius 2 is 0.949 bits per heavy atom. The zero-order valence-electron chi connectivity index (χ0n) is 22.2. The molecule has 1 aliphatic rings. The van der Waals surface area contributed by atoms with E-state index >= 15 is 0 Å². The average Bonchev–Trinajstić information content (AvgIpc) is 3.22. The summed E-state index contributed by atoms with van der Waals surface area (Å²) in [5.74, 6) is 0. The monoisotopic (exact) mass is 496 g/mol. The average molecular weight is 497 g/mol. The predicted molar refractivity (Wildman–Crippen MR) is 167 cm³/mol. The number of benzene rings is 7. The van der Waals surface area contributed by atoms with Crippen LogP contribution in [0.25, 0.3) is 65.7 Å². The molecule has 0 fully saturated rings. The number of hydrogen-bond acceptors (Lipinski definition) is 0. The van der Waals surface area contributed by atoms with Crippen LogP contribution in [0.15, 0.2) is 133 Å². The zero-order valence-corrected chi connectivity index (χ0v) is 22.2. The summed E-state index contributed by atoms with van der Waals surface area (Å²) >= 11 is 0. The third-order valence-corrected chi connectivity index (χ3v) is 8.86. The molecule has 0 N–H and O–H groups in total. The van der Waals surface area contributed by atoms with Crippen LogP contribution in [-0.4, -0.2) is 0 Å². The van der Waals surface area contributed by atoms with E-state index in [4.69, 9.17) is 0 Å². The molecular weight excluding hydrogens is 468 g/mol. The fourth-order valence-electron chi connectivity index (χ4n) is 6.75. The smallest absolute Gasteiger partial charge is 0.0159 e. The first-order valence-electron chi connectivity index (χ1n) is 13.8. The molecule has 39 heavy (non-hydrogen) atoms. The largest absolute Gasteiger partial charge is 0.0619 e. The van der Waals surface area contributed by atoms with Gasteiger partial charge in [0.25, 0.3) is 0 Å². The molecule has 0 aromatic heterocycles. The highest BCUT2D eigenvalue weighted by Crippen LogP contribution is 2.49. The molecule has 7 aromatic rings. The van der Waals surface area contributed by atoms with Gasteiger partial charge in [0.15, 0.2) is 0 Å². The van der Waals surface area contributed by atoms with Crippen LogP contribution >= 0.6 is 0 Å². The molecule has 0 amide bonds. The summed E-state index contributed by atoms with van der Waals surface area (Å²) < 4.78 is 0. The van der Waals surface area contributed by atoms with E-state index in [2.05, 4.69) is 147 Å². The van der Waals surface area contributed by atoms with Crippen LogP contribution in [0.4, 0.5) is 0 Å². The van der Waals surface area contributed by atoms with Gasteiger partial charge in [-0.2, -0.15) is 0 Å². The Bertz CT molecular complexity index is 2070. The lowest BCUT2D eigenvalue weighted by Gasteiger charge is -2.22. The van der Waals surface area contributed by atoms with Gasteiger partial charge >= 0.3 is 0 Å². The zero-order chi connectivity index (χ0) is 26.1. The first kappa shape index (κ1) is 22.3. The van der Waals surface area contributed by atoms with Crippen LogP contribution in [0.2, 0.25) is 0 Å². The van der Waals surface area contributed by atoms with Crippen molar-refractivity contribution in [2.45, 2.75) is 19.3 Å². The number of hydrogen-bond donors (Lipinski definition) is 0. The van der Waals surface area contributed by atoms with E-state index in [-0.39, 0.29) is 5.41 Å². The molecule has 0 radical (unpaired) electrons. The molecule has 0 heterocycles. The van der Waals surface area contributed by atoms with Gasteiger partial charge in [-0.3, -0.25) is 0 Å². The molecule has 0 saturated carbocycles. The molecule has 7 aromatic carbocycles. The van der Waals surface area contributed by atoms with Crippen molar-refractivity contribution in [2.24, 2.45) is 0 Å². The minimum atomic E-state index is 0.0163. The molecule has 0 nitrogen and oxygen atoms in total. The highest BCUT2D eigenvalue weighted by Gasteiger charge is 2.35. The van der Waals surface area contributed by atoms with Crippen molar-refractivity contribution in [3.8, 4) is 33.4 Å². The Morgan fingerprint density at radius 1 is 0.385 bits per heavy atom. The van der Waals surface area contributed by atoms with Gasteiger partial charge in [-0.1, -0.05) is 135 Å². The van der Waals surface area contributed by atoms with E-state index in [9.17, 15) is 0 Å². The molecule has 0 unspecified atom stereocenters. The molecule has 8 rings (SSSR count). The molecule has 0 bridgehead atoms. The summed E-state index contributed by atoms with van der Waals surface area (Å²) in [5.41, 5.74) is 10.6. The van der Waals surface area contributed by atoms with Gasteiger partial charge in [0.05, 0.1) is 0 Å². The quantitative estimate of drug-likeness (QED) is 0.209. The maximum absolute atomic E-state index is 2.40. The molecule has 184 valence electrons. The summed E-state index contributed by atoms with van der Waals surface area (Å²) in [5, 5.41) is 7.83. The standard InChI is InChI=1S/C39H28/c1-39(2)36-10-6-5-9-34(36)35-22-20-30(24-37(35)39)26-13-11-25(12-14-26)29-19-21-33-31(23-29)18-17-28-16-15-27-7-3-4-8-32(27)38(28)33/h3-24H,1-2H3. The van der Waals surface area contributed by atoms with Gasteiger partial charge in [0.1, 0.15) is 0 Å². The van der Waals surface area contributed by atoms with Crippen LogP contribution in [0.5, 0.6) is 0 Å². The van der Waals surface area contributed by atoms with Crippen LogP contribution in [0, 0.1) is 0 Å². The lowest BCUT2D eigenvalue weighted by molar-refractivity contribution is 0.660. The Labute approximate surface area is 229 Å². The summed E-state index contributed by atoms with van der Waals surface area (Å²) in [7, 11) is 0. The van der Waals surface area contributed by atoms with Crippen molar-refractivity contribution in [3.63, 3.8) is 0 Å². The van der Waals surface area contributed by atoms with E-state index in [0.29, 0.717) is 0 Å². The van der Waals surface area contributed by atoms with E-state index in [0.717, 1.165) is 0 Å². The minimum absolute atomic E-state index is 0.0163. The highest BCUT2D eigenvalue weighted by molar-refractivity contribution is 6.20. The van der Waals surface area contributed by atoms with Crippen molar-refractivity contribution in [2.75, 3.05) is 0 Å². The molecule has 0 aliphatic heterocycles. The van der Waals surface area contributed by atoms with Gasteiger partial charge < -0.3 is 0 Å². The molecule has 0 heteroatoms. The fourth-order valence-corrected chi connectivity index (χ4v) is 6.75. The van der Waals surface area contributed by atoms with Crippen LogP contribution in [0.1, 0.15) is 25.0 Å². The summed E-state index contributed by atoms with van der Waals surface area (Å²) in [4.78, 5) is 0. The maximum atomic E-state index is 2.40. The van der Waals surface area contributed by atoms with E-state index in [1.54, 1.807) is 0 Å². The van der Waals surface area contributed by atoms with Crippen molar-refractivity contribution in [1.82, 2.24) is 0 Å². The molecule has 0 atom stereocenters. The van der Waals surface area contributed by atoms with Gasteiger partial charge in [-0.05, 0) is 89.0 Å². The third-order valence-electron chi connectivity index (χ3n) is 8.86. The number of fused-ring (bicyclic) bond motifs is 8. The van der Waals surface area contributed by atoms with Crippen molar-refractivity contribution in [1.29, 1.82) is 0 Å². The molecule has 1 aliphatic carbocycles. The van der Waals surface area contributed by atoms with E-state index in [1.807, 2.05) is 0 Å². The van der Waals surface area contributed by atoms with Crippen molar-refractivity contribution in [3.05, 3.63) is 145 Å². The van der Waals surface area contributed by atoms with Crippen LogP contribution < -0.4 is 0 Å². The topological polar surface area (TPSA) is 0 Å². The third kappa shape index (κ3) is 3.31. The minimum Gasteiger partial charge on any atom is -0.0619 e. The van der Waals surface area contributed by atoms with E-state index in [1.165, 1.54) is 76.8 Å². The molecular formula is C39H28. The fraction of sp³-hybridized carbons (Fsp3) is 0.0769. The van der Waals surface area contributed by atoms with Crippen LogP contribution in [0.3, 0.4) is 0 Å². The van der Waals surface area contributed by atoms with Gasteiger partial charge in [0.2, 0.25) is 0 Å². The second kappa shape index (κ2) is 8.16. The van der Waals surface area contributed by atoms with Crippen molar-refractivity contribution < 1.29 is 0 Å². The van der Waals surface area contributed by atoms with Gasteiger partial charge in [-0.25, -0.2) is 0 Å². The van der Waals surface area contributed by atoms with Gasteiger partial charge in [0, 0.05) is 5.41 Å². The molecule has 0 saturated heterocycles. The summed E-state index contributed by atoms with van der Waals surface area (Å²) in [6, 6.07) is 49.5. The first-order valence-corrected chi connectivity index (χ1v) is 13.8. The Morgan fingerprint density at radius 3 is 1.77 bits per heavy atom. The van der Waals surface area contributed by atoms with E-state index < -0.39 is 0 Å². The lowest BCUT2D eigenvalue weighted by atomic mass is 9.81.